The minimum absolute atomic E-state index is 0.0480. The summed E-state index contributed by atoms with van der Waals surface area (Å²) in [6, 6.07) is 50.1. The van der Waals surface area contributed by atoms with E-state index in [1.807, 2.05) is 54.5 Å². The van der Waals surface area contributed by atoms with Crippen molar-refractivity contribution in [1.29, 1.82) is 0 Å². The van der Waals surface area contributed by atoms with Gasteiger partial charge in [0.05, 0.1) is 57.1 Å². The van der Waals surface area contributed by atoms with Gasteiger partial charge in [0.15, 0.2) is 0 Å². The van der Waals surface area contributed by atoms with E-state index in [2.05, 4.69) is 154 Å². The fourth-order valence-corrected chi connectivity index (χ4v) is 12.8. The second kappa shape index (κ2) is 18.7. The maximum Gasteiger partial charge on any atom is 0.253 e. The van der Waals surface area contributed by atoms with Crippen molar-refractivity contribution in [3.05, 3.63) is 220 Å². The largest absolute Gasteiger partial charge is 0.384 e. The lowest BCUT2D eigenvalue weighted by atomic mass is 9.94. The monoisotopic (exact) mass is 1030 g/mol. The molecule has 79 heavy (non-hydrogen) atoms. The Hall–Kier alpha value is -9.42. The number of fused-ring (bicyclic) bond motifs is 7. The Morgan fingerprint density at radius 1 is 0.595 bits per heavy atom. The zero-order chi connectivity index (χ0) is 53.8. The van der Waals surface area contributed by atoms with Crippen molar-refractivity contribution in [3.63, 3.8) is 0 Å². The Bertz CT molecular complexity index is 4400. The number of imidazole rings is 3. The summed E-state index contributed by atoms with van der Waals surface area (Å²) in [5, 5.41) is 6.36. The molecule has 3 unspecified atom stereocenters. The molecule has 0 fully saturated rings. The van der Waals surface area contributed by atoms with Gasteiger partial charge in [-0.1, -0.05) is 98.1 Å². The van der Waals surface area contributed by atoms with Crippen molar-refractivity contribution in [3.8, 4) is 44.5 Å². The molecule has 0 aliphatic carbocycles. The predicted octanol–water partition coefficient (Wildman–Crippen LogP) is 11.5. The molecule has 0 bridgehead atoms. The molecule has 3 aliphatic rings. The number of aromatic nitrogens is 9. The highest BCUT2D eigenvalue weighted by Gasteiger charge is 2.32. The highest BCUT2D eigenvalue weighted by Crippen LogP contribution is 2.45. The number of hydrogen-bond donors (Lipinski definition) is 1. The van der Waals surface area contributed by atoms with Crippen LogP contribution in [-0.4, -0.2) is 68.3 Å². The molecule has 5 aromatic heterocycles. The smallest absolute Gasteiger partial charge is 0.253 e. The molecular formula is C67H59N11O. The van der Waals surface area contributed by atoms with Crippen molar-refractivity contribution in [1.82, 2.24) is 48.3 Å². The van der Waals surface area contributed by atoms with Crippen molar-refractivity contribution in [2.45, 2.75) is 63.6 Å². The van der Waals surface area contributed by atoms with Crippen LogP contribution < -0.4 is 16.4 Å². The fraction of sp³-hybridized carbons (Fsp3) is 0.194. The molecule has 3 aliphatic heterocycles. The van der Waals surface area contributed by atoms with Gasteiger partial charge in [-0.15, -0.1) is 0 Å². The first-order valence-corrected chi connectivity index (χ1v) is 27.3. The number of nitrogen functional groups attached to an aromatic ring is 1. The van der Waals surface area contributed by atoms with Gasteiger partial charge in [-0.05, 0) is 137 Å². The lowest BCUT2D eigenvalue weighted by Crippen LogP contribution is -2.31. The summed E-state index contributed by atoms with van der Waals surface area (Å²) in [5.74, 6) is 3.67. The zero-order valence-corrected chi connectivity index (χ0v) is 44.9. The molecule has 1 amide bonds. The number of amides is 1. The number of nitrogens with two attached hydrogens (primary N) is 1. The molecular weight excluding hydrogens is 975 g/mol. The molecule has 2 N–H and O–H groups in total. The van der Waals surface area contributed by atoms with Gasteiger partial charge in [-0.25, -0.2) is 19.9 Å². The van der Waals surface area contributed by atoms with Crippen molar-refractivity contribution >= 4 is 52.0 Å². The van der Waals surface area contributed by atoms with E-state index in [9.17, 15) is 4.79 Å². The lowest BCUT2D eigenvalue weighted by molar-refractivity contribution is 0.0827. The highest BCUT2D eigenvalue weighted by atomic mass is 16.2. The zero-order valence-electron chi connectivity index (χ0n) is 44.9. The average molecular weight is 1030 g/mol. The molecule has 0 saturated carbocycles. The molecule has 0 radical (unpaired) electrons. The molecule has 12 heteroatoms. The Labute approximate surface area is 458 Å². The minimum Gasteiger partial charge on any atom is -0.384 e. The Morgan fingerprint density at radius 3 is 1.86 bits per heavy atom. The van der Waals surface area contributed by atoms with Crippen molar-refractivity contribution < 1.29 is 4.79 Å². The summed E-state index contributed by atoms with van der Waals surface area (Å²) < 4.78 is 9.25. The molecule has 388 valence electrons. The summed E-state index contributed by atoms with van der Waals surface area (Å²) in [7, 11) is 5.53. The number of aryl methyl sites for hydroxylation is 4. The van der Waals surface area contributed by atoms with Gasteiger partial charge in [0.2, 0.25) is 0 Å². The maximum atomic E-state index is 12.8. The van der Waals surface area contributed by atoms with Gasteiger partial charge in [0.1, 0.15) is 23.3 Å². The van der Waals surface area contributed by atoms with E-state index in [0.29, 0.717) is 11.4 Å². The lowest BCUT2D eigenvalue weighted by Gasteiger charge is -2.19. The first kappa shape index (κ1) is 48.0. The van der Waals surface area contributed by atoms with Crippen LogP contribution in [0.1, 0.15) is 93.2 Å². The van der Waals surface area contributed by atoms with Gasteiger partial charge in [0, 0.05) is 80.1 Å². The third-order valence-corrected chi connectivity index (χ3v) is 16.9. The quantitative estimate of drug-likeness (QED) is 0.144. The van der Waals surface area contributed by atoms with E-state index >= 15 is 0 Å². The van der Waals surface area contributed by atoms with Crippen LogP contribution in [0.3, 0.4) is 0 Å². The van der Waals surface area contributed by atoms with Gasteiger partial charge in [0.25, 0.3) is 5.91 Å². The number of rotatable bonds is 10. The normalized spacial score (nSPS) is 16.7. The summed E-state index contributed by atoms with van der Waals surface area (Å²) in [6.07, 6.45) is 11.4. The van der Waals surface area contributed by atoms with Crippen molar-refractivity contribution in [2.24, 2.45) is 7.05 Å². The first-order chi connectivity index (χ1) is 38.4. The number of nitrogens with zero attached hydrogens (tertiary/aromatic N) is 10. The van der Waals surface area contributed by atoms with Crippen LogP contribution in [0.2, 0.25) is 0 Å². The highest BCUT2D eigenvalue weighted by molar-refractivity contribution is 5.99. The second-order valence-electron chi connectivity index (χ2n) is 21.8. The van der Waals surface area contributed by atoms with Crippen LogP contribution in [0, 0.1) is 6.92 Å². The molecule has 3 atom stereocenters. The number of benzene rings is 6. The molecule has 14 rings (SSSR count). The van der Waals surface area contributed by atoms with Crippen LogP contribution in [0.15, 0.2) is 158 Å². The van der Waals surface area contributed by atoms with E-state index in [-0.39, 0.29) is 24.0 Å². The van der Waals surface area contributed by atoms with E-state index in [1.54, 1.807) is 19.0 Å². The molecule has 12 nitrogen and oxygen atoms in total. The number of hydrogen-bond acceptors (Lipinski definition) is 7. The number of pyridine rings is 1. The van der Waals surface area contributed by atoms with Crippen LogP contribution >= 0.6 is 0 Å². The van der Waals surface area contributed by atoms with Gasteiger partial charge in [-0.2, -0.15) is 5.10 Å². The summed E-state index contributed by atoms with van der Waals surface area (Å²) in [6.45, 7) is 11.0. The number of carbonyl (C=O) groups excluding carboxylic acids is 1. The van der Waals surface area contributed by atoms with Gasteiger partial charge in [-0.3, -0.25) is 9.48 Å². The van der Waals surface area contributed by atoms with Crippen LogP contribution in [-0.2, 0) is 26.3 Å². The second-order valence-corrected chi connectivity index (χ2v) is 21.8. The van der Waals surface area contributed by atoms with Gasteiger partial charge >= 0.3 is 0 Å². The van der Waals surface area contributed by atoms with Crippen LogP contribution in [0.5, 0.6) is 0 Å². The summed E-state index contributed by atoms with van der Waals surface area (Å²) >= 11 is 0. The van der Waals surface area contributed by atoms with Gasteiger partial charge < -0.3 is 24.3 Å². The summed E-state index contributed by atoms with van der Waals surface area (Å²) in [4.78, 5) is 34.8. The number of anilines is 1. The van der Waals surface area contributed by atoms with E-state index in [4.69, 9.17) is 25.8 Å². The Morgan fingerprint density at radius 2 is 1.19 bits per heavy atom. The average Bonchev–Trinajstić information content (AvgIpc) is 4.42. The number of carbonyl (C=O) groups is 1. The fourth-order valence-electron chi connectivity index (χ4n) is 12.8. The molecule has 0 spiro atoms. The van der Waals surface area contributed by atoms with E-state index in [0.717, 1.165) is 150 Å². The molecule has 11 aromatic rings. The van der Waals surface area contributed by atoms with E-state index < -0.39 is 0 Å². The maximum absolute atomic E-state index is 12.8. The standard InChI is InChI=1S/C67H59N11O/c1-39(45-14-10-17-48(31-45)67(79)74(4)5)30-58-40(2)71-62-27-23-56(76(58)62)44-20-18-42(19-21-44)52-34-51(54-38-70-75(6)41(54)3)36-60-65(52)72-64-29-25-57(78(60)64)47-16-11-15-46(32-47)53-33-50(49-22-26-61(68)69-37-49)35-59-66(53)73-63-28-24-55(77(59)63)43-12-8-7-9-13-43/h7-22,26,30-38,55-57H,1-2,23-25,27-29H2,3-6H3,(H2,68,69)/b58-30+. The first-order valence-electron chi connectivity index (χ1n) is 27.3. The Balaban J connectivity index is 0.843. The van der Waals surface area contributed by atoms with Crippen LogP contribution in [0.4, 0.5) is 5.82 Å². The summed E-state index contributed by atoms with van der Waals surface area (Å²) in [5.41, 5.74) is 26.2. The topological polar surface area (TPSA) is 130 Å². The van der Waals surface area contributed by atoms with Crippen molar-refractivity contribution in [2.75, 3.05) is 19.8 Å². The molecule has 0 saturated heterocycles. The Kier molecular flexibility index (Phi) is 11.3. The van der Waals surface area contributed by atoms with Crippen LogP contribution in [0.25, 0.3) is 84.8 Å². The molecule has 8 heterocycles. The SMILES string of the molecule is C=C(/C=c1\c(=C)nc2n1C(c1ccc(-c3cc(-c4cnn(C)c4C)cc4c3nc3n4C(c4cccc(-c5cc(-c6ccc(N)nc6)cc6c5nc5n6C(c6ccccc6)CC5)c4)CC3)cc1)CC2)c1cccc(C(=O)N(C)C)c1. The third kappa shape index (κ3) is 8.03. The predicted molar refractivity (Wildman–Crippen MR) is 316 cm³/mol. The number of allylic oxidation sites excluding steroid dienone is 1. The van der Waals surface area contributed by atoms with E-state index in [1.165, 1.54) is 16.7 Å². The third-order valence-electron chi connectivity index (χ3n) is 16.9. The minimum atomic E-state index is -0.0480. The molecule has 6 aromatic carbocycles.